The minimum absolute atomic E-state index is 0.174. The summed E-state index contributed by atoms with van der Waals surface area (Å²) >= 11 is 0. The molecule has 7 heteroatoms. The van der Waals surface area contributed by atoms with Crippen molar-refractivity contribution in [3.05, 3.63) is 11.9 Å². The Morgan fingerprint density at radius 1 is 1.47 bits per heavy atom. The molecule has 1 saturated heterocycles. The van der Waals surface area contributed by atoms with Crippen LogP contribution in [0.1, 0.15) is 32.4 Å². The number of aliphatic hydroxyl groups is 1. The minimum Gasteiger partial charge on any atom is -0.444 e. The number of aryl methyl sites for hydroxylation is 1. The molecule has 2 heterocycles. The molecule has 2 unspecified atom stereocenters. The molecule has 1 fully saturated rings. The van der Waals surface area contributed by atoms with Gasteiger partial charge >= 0.3 is 6.09 Å². The van der Waals surface area contributed by atoms with E-state index in [2.05, 4.69) is 10.3 Å². The summed E-state index contributed by atoms with van der Waals surface area (Å²) in [5.41, 5.74) is 0.285. The number of carbonyl (C=O) groups is 1. The van der Waals surface area contributed by atoms with E-state index in [1.807, 2.05) is 20.8 Å². The standard InChI is InChI=1S/C12H20N4O3/c1-12(2,3)19-11(18)16-6-8(10(17)7-16)9-5-13-14-15(9)4/h5,8,10,17H,6-7H2,1-4H3. The highest BCUT2D eigenvalue weighted by molar-refractivity contribution is 5.68. The number of aromatic nitrogens is 3. The molecule has 0 radical (unpaired) electrons. The van der Waals surface area contributed by atoms with E-state index in [9.17, 15) is 9.90 Å². The predicted octanol–water partition coefficient (Wildman–Crippen LogP) is 0.510. The van der Waals surface area contributed by atoms with Crippen molar-refractivity contribution in [1.82, 2.24) is 19.9 Å². The molecule has 1 amide bonds. The van der Waals surface area contributed by atoms with Gasteiger partial charge < -0.3 is 14.7 Å². The van der Waals surface area contributed by atoms with Crippen LogP contribution in [0.4, 0.5) is 4.79 Å². The van der Waals surface area contributed by atoms with Gasteiger partial charge in [0.15, 0.2) is 0 Å². The first-order valence-corrected chi connectivity index (χ1v) is 6.28. The Balaban J connectivity index is 2.06. The number of hydrogen-bond acceptors (Lipinski definition) is 5. The number of rotatable bonds is 1. The SMILES string of the molecule is Cn1nncc1C1CN(C(=O)OC(C)(C)C)CC1O. The van der Waals surface area contributed by atoms with Crippen LogP contribution in [0.15, 0.2) is 6.20 Å². The molecule has 106 valence electrons. The second kappa shape index (κ2) is 4.80. The maximum Gasteiger partial charge on any atom is 0.410 e. The highest BCUT2D eigenvalue weighted by Gasteiger charge is 2.38. The lowest BCUT2D eigenvalue weighted by Gasteiger charge is -2.24. The van der Waals surface area contributed by atoms with Crippen LogP contribution in [-0.4, -0.2) is 55.9 Å². The summed E-state index contributed by atoms with van der Waals surface area (Å²) in [4.78, 5) is 13.5. The largest absolute Gasteiger partial charge is 0.444 e. The van der Waals surface area contributed by atoms with Gasteiger partial charge in [0.2, 0.25) is 0 Å². The number of ether oxygens (including phenoxy) is 1. The first-order chi connectivity index (χ1) is 8.78. The van der Waals surface area contributed by atoms with Crippen LogP contribution >= 0.6 is 0 Å². The Labute approximate surface area is 112 Å². The molecule has 1 aliphatic rings. The summed E-state index contributed by atoms with van der Waals surface area (Å²) in [6.45, 7) is 6.14. The Morgan fingerprint density at radius 2 is 2.16 bits per heavy atom. The fourth-order valence-electron chi connectivity index (χ4n) is 2.19. The number of nitrogens with zero attached hydrogens (tertiary/aromatic N) is 4. The van der Waals surface area contributed by atoms with Crippen molar-refractivity contribution in [3.8, 4) is 0 Å². The molecule has 0 aromatic carbocycles. The lowest BCUT2D eigenvalue weighted by molar-refractivity contribution is 0.0270. The van der Waals surface area contributed by atoms with E-state index in [1.54, 1.807) is 17.9 Å². The zero-order valence-corrected chi connectivity index (χ0v) is 11.7. The minimum atomic E-state index is -0.621. The quantitative estimate of drug-likeness (QED) is 0.802. The lowest BCUT2D eigenvalue weighted by atomic mass is 10.0. The van der Waals surface area contributed by atoms with Crippen molar-refractivity contribution in [2.75, 3.05) is 13.1 Å². The van der Waals surface area contributed by atoms with Crippen LogP contribution in [0, 0.1) is 0 Å². The van der Waals surface area contributed by atoms with E-state index in [4.69, 9.17) is 4.74 Å². The van der Waals surface area contributed by atoms with Gasteiger partial charge in [0.1, 0.15) is 5.60 Å². The lowest BCUT2D eigenvalue weighted by Crippen LogP contribution is -2.35. The third-order valence-electron chi connectivity index (χ3n) is 3.07. The normalized spacial score (nSPS) is 23.7. The maximum absolute atomic E-state index is 12.0. The first kappa shape index (κ1) is 13.8. The monoisotopic (exact) mass is 268 g/mol. The van der Waals surface area contributed by atoms with E-state index in [1.165, 1.54) is 4.90 Å². The zero-order chi connectivity index (χ0) is 14.2. The molecule has 7 nitrogen and oxygen atoms in total. The van der Waals surface area contributed by atoms with Crippen molar-refractivity contribution in [2.45, 2.75) is 38.4 Å². The molecule has 0 aliphatic carbocycles. The Hall–Kier alpha value is -1.63. The summed E-state index contributed by atoms with van der Waals surface area (Å²) in [6.07, 6.45) is 0.598. The number of aliphatic hydroxyl groups excluding tert-OH is 1. The molecule has 1 aromatic rings. The van der Waals surface area contributed by atoms with E-state index in [0.717, 1.165) is 5.69 Å². The molecule has 2 rings (SSSR count). The van der Waals surface area contributed by atoms with Crippen LogP contribution in [0.2, 0.25) is 0 Å². The molecule has 1 N–H and O–H groups in total. The van der Waals surface area contributed by atoms with Gasteiger partial charge in [-0.1, -0.05) is 5.21 Å². The average molecular weight is 268 g/mol. The van der Waals surface area contributed by atoms with E-state index in [0.29, 0.717) is 6.54 Å². The number of likely N-dealkylation sites (tertiary alicyclic amines) is 1. The van der Waals surface area contributed by atoms with Crippen molar-refractivity contribution >= 4 is 6.09 Å². The summed E-state index contributed by atoms with van der Waals surface area (Å²) in [6, 6.07) is 0. The summed E-state index contributed by atoms with van der Waals surface area (Å²) < 4.78 is 6.92. The molecule has 2 atom stereocenters. The highest BCUT2D eigenvalue weighted by Crippen LogP contribution is 2.27. The van der Waals surface area contributed by atoms with Crippen LogP contribution in [0.25, 0.3) is 0 Å². The molecular weight excluding hydrogens is 248 g/mol. The molecule has 1 aromatic heterocycles. The van der Waals surface area contributed by atoms with Gasteiger partial charge in [0.25, 0.3) is 0 Å². The second-order valence-corrected chi connectivity index (χ2v) is 5.84. The number of β-amino-alcohol motifs (C(OH)–C–C–N with tert-alkyl or cyclic N) is 1. The van der Waals surface area contributed by atoms with Gasteiger partial charge in [-0.15, -0.1) is 5.10 Å². The average Bonchev–Trinajstić information content (AvgIpc) is 2.82. The zero-order valence-electron chi connectivity index (χ0n) is 11.7. The van der Waals surface area contributed by atoms with Gasteiger partial charge in [0.05, 0.1) is 24.5 Å². The fourth-order valence-corrected chi connectivity index (χ4v) is 2.19. The Morgan fingerprint density at radius 3 is 2.68 bits per heavy atom. The molecule has 19 heavy (non-hydrogen) atoms. The highest BCUT2D eigenvalue weighted by atomic mass is 16.6. The number of hydrogen-bond donors (Lipinski definition) is 1. The Bertz CT molecular complexity index is 466. The van der Waals surface area contributed by atoms with Crippen molar-refractivity contribution in [1.29, 1.82) is 0 Å². The van der Waals surface area contributed by atoms with Crippen molar-refractivity contribution < 1.29 is 14.6 Å². The summed E-state index contributed by atoms with van der Waals surface area (Å²) in [5.74, 6) is -0.174. The van der Waals surface area contributed by atoms with Crippen LogP contribution in [0.3, 0.4) is 0 Å². The van der Waals surface area contributed by atoms with Crippen molar-refractivity contribution in [3.63, 3.8) is 0 Å². The van der Waals surface area contributed by atoms with Crippen LogP contribution in [0.5, 0.6) is 0 Å². The van der Waals surface area contributed by atoms with E-state index >= 15 is 0 Å². The van der Waals surface area contributed by atoms with E-state index < -0.39 is 17.8 Å². The van der Waals surface area contributed by atoms with Gasteiger partial charge in [-0.2, -0.15) is 0 Å². The van der Waals surface area contributed by atoms with Gasteiger partial charge in [0, 0.05) is 19.5 Å². The van der Waals surface area contributed by atoms with Gasteiger partial charge in [-0.3, -0.25) is 4.68 Å². The Kier molecular flexibility index (Phi) is 3.49. The fraction of sp³-hybridized carbons (Fsp3) is 0.750. The summed E-state index contributed by atoms with van der Waals surface area (Å²) in [7, 11) is 1.77. The molecular formula is C12H20N4O3. The third-order valence-corrected chi connectivity index (χ3v) is 3.07. The number of carbonyl (C=O) groups excluding carboxylic acids is 1. The first-order valence-electron chi connectivity index (χ1n) is 6.28. The van der Waals surface area contributed by atoms with Gasteiger partial charge in [-0.25, -0.2) is 4.79 Å². The van der Waals surface area contributed by atoms with Crippen LogP contribution < -0.4 is 0 Å². The van der Waals surface area contributed by atoms with E-state index in [-0.39, 0.29) is 12.5 Å². The van der Waals surface area contributed by atoms with Crippen molar-refractivity contribution in [2.24, 2.45) is 7.05 Å². The molecule has 0 saturated carbocycles. The second-order valence-electron chi connectivity index (χ2n) is 5.84. The predicted molar refractivity (Wildman–Crippen MR) is 67.6 cm³/mol. The third kappa shape index (κ3) is 3.04. The molecule has 1 aliphatic heterocycles. The molecule has 0 spiro atoms. The smallest absolute Gasteiger partial charge is 0.410 e. The van der Waals surface area contributed by atoms with Crippen LogP contribution in [-0.2, 0) is 11.8 Å². The topological polar surface area (TPSA) is 80.5 Å². The maximum atomic E-state index is 12.0. The summed E-state index contributed by atoms with van der Waals surface area (Å²) in [5, 5.41) is 17.7. The molecule has 0 bridgehead atoms. The number of amides is 1. The van der Waals surface area contributed by atoms with Gasteiger partial charge in [-0.05, 0) is 20.8 Å².